The Morgan fingerprint density at radius 2 is 1.39 bits per heavy atom. The smallest absolute Gasteiger partial charge is 0.110 e. The van der Waals surface area contributed by atoms with E-state index in [1.807, 2.05) is 13.8 Å². The Bertz CT molecular complexity index is 214. The van der Waals surface area contributed by atoms with Crippen LogP contribution in [0, 0.1) is 0 Å². The number of aliphatic hydroxyl groups is 5. The van der Waals surface area contributed by atoms with Gasteiger partial charge >= 0.3 is 0 Å². The average Bonchev–Trinajstić information content (AvgIpc) is 2.42. The van der Waals surface area contributed by atoms with E-state index in [-0.39, 0.29) is 12.0 Å². The zero-order valence-electron chi connectivity index (χ0n) is 11.4. The molecule has 18 heavy (non-hydrogen) atoms. The normalized spacial score (nSPS) is 19.3. The SMILES string of the molecule is CCC(CC)(CC(O)C(O)C(O)C(O)CO)NC. The third-order valence-corrected chi connectivity index (χ3v) is 3.81. The third kappa shape index (κ3) is 4.46. The summed E-state index contributed by atoms with van der Waals surface area (Å²) in [6, 6.07) is 0. The van der Waals surface area contributed by atoms with Crippen LogP contribution >= 0.6 is 0 Å². The molecule has 0 aliphatic rings. The highest BCUT2D eigenvalue weighted by Gasteiger charge is 2.35. The third-order valence-electron chi connectivity index (χ3n) is 3.81. The van der Waals surface area contributed by atoms with Crippen LogP contribution in [0.25, 0.3) is 0 Å². The topological polar surface area (TPSA) is 113 Å². The first-order chi connectivity index (χ1) is 8.37. The fraction of sp³-hybridized carbons (Fsp3) is 1.00. The van der Waals surface area contributed by atoms with E-state index >= 15 is 0 Å². The largest absolute Gasteiger partial charge is 0.394 e. The molecule has 0 spiro atoms. The minimum Gasteiger partial charge on any atom is -0.394 e. The van der Waals surface area contributed by atoms with Gasteiger partial charge in [-0.2, -0.15) is 0 Å². The van der Waals surface area contributed by atoms with Crippen molar-refractivity contribution in [3.63, 3.8) is 0 Å². The van der Waals surface area contributed by atoms with Gasteiger partial charge in [0.05, 0.1) is 12.7 Å². The molecule has 0 aromatic rings. The Morgan fingerprint density at radius 3 is 1.72 bits per heavy atom. The lowest BCUT2D eigenvalue weighted by molar-refractivity contribution is -0.120. The molecular formula is C12H27NO5. The molecule has 6 nitrogen and oxygen atoms in total. The maximum absolute atomic E-state index is 9.92. The second-order valence-electron chi connectivity index (χ2n) is 4.74. The molecule has 0 heterocycles. The van der Waals surface area contributed by atoms with Crippen LogP contribution < -0.4 is 5.32 Å². The van der Waals surface area contributed by atoms with Crippen LogP contribution in [0.5, 0.6) is 0 Å². The van der Waals surface area contributed by atoms with Crippen molar-refractivity contribution in [1.29, 1.82) is 0 Å². The maximum Gasteiger partial charge on any atom is 0.110 e. The molecule has 0 aliphatic carbocycles. The molecule has 0 bridgehead atoms. The predicted molar refractivity (Wildman–Crippen MR) is 68.1 cm³/mol. The molecule has 0 amide bonds. The summed E-state index contributed by atoms with van der Waals surface area (Å²) in [5, 5.41) is 50.2. The van der Waals surface area contributed by atoms with Crippen molar-refractivity contribution in [2.45, 2.75) is 63.1 Å². The summed E-state index contributed by atoms with van der Waals surface area (Å²) in [7, 11) is 1.78. The number of rotatable bonds is 9. The predicted octanol–water partition coefficient (Wildman–Crippen LogP) is -1.41. The van der Waals surface area contributed by atoms with Gasteiger partial charge in [-0.25, -0.2) is 0 Å². The Kier molecular flexibility index (Phi) is 7.93. The van der Waals surface area contributed by atoms with Crippen molar-refractivity contribution < 1.29 is 25.5 Å². The second kappa shape index (κ2) is 8.04. The van der Waals surface area contributed by atoms with Gasteiger partial charge in [0.15, 0.2) is 0 Å². The van der Waals surface area contributed by atoms with Gasteiger partial charge in [-0.1, -0.05) is 13.8 Å². The number of hydrogen-bond acceptors (Lipinski definition) is 6. The van der Waals surface area contributed by atoms with Gasteiger partial charge < -0.3 is 30.8 Å². The van der Waals surface area contributed by atoms with Gasteiger partial charge in [0.1, 0.15) is 18.3 Å². The maximum atomic E-state index is 9.92. The second-order valence-corrected chi connectivity index (χ2v) is 4.74. The summed E-state index contributed by atoms with van der Waals surface area (Å²) in [6.07, 6.45) is -3.89. The van der Waals surface area contributed by atoms with E-state index in [0.29, 0.717) is 0 Å². The van der Waals surface area contributed by atoms with Crippen molar-refractivity contribution in [1.82, 2.24) is 5.32 Å². The van der Waals surface area contributed by atoms with Crippen molar-refractivity contribution in [2.24, 2.45) is 0 Å². The van der Waals surface area contributed by atoms with Gasteiger partial charge in [-0.15, -0.1) is 0 Å². The van der Waals surface area contributed by atoms with Crippen LogP contribution in [-0.2, 0) is 0 Å². The summed E-state index contributed by atoms with van der Waals surface area (Å²) in [5.41, 5.74) is -0.315. The summed E-state index contributed by atoms with van der Waals surface area (Å²) < 4.78 is 0. The highest BCUT2D eigenvalue weighted by molar-refractivity contribution is 4.91. The molecule has 0 aromatic heterocycles. The highest BCUT2D eigenvalue weighted by atomic mass is 16.4. The van der Waals surface area contributed by atoms with Crippen molar-refractivity contribution >= 4 is 0 Å². The molecule has 6 heteroatoms. The molecule has 4 unspecified atom stereocenters. The summed E-state index contributed by atoms with van der Waals surface area (Å²) >= 11 is 0. The van der Waals surface area contributed by atoms with Gasteiger partial charge in [0.25, 0.3) is 0 Å². The van der Waals surface area contributed by atoms with E-state index in [1.54, 1.807) is 7.05 Å². The van der Waals surface area contributed by atoms with Gasteiger partial charge in [0.2, 0.25) is 0 Å². The molecule has 0 aliphatic heterocycles. The fourth-order valence-electron chi connectivity index (χ4n) is 2.08. The minimum atomic E-state index is -1.56. The molecule has 0 saturated carbocycles. The lowest BCUT2D eigenvalue weighted by Gasteiger charge is -2.36. The van der Waals surface area contributed by atoms with E-state index in [4.69, 9.17) is 5.11 Å². The van der Waals surface area contributed by atoms with Crippen LogP contribution in [-0.4, -0.2) is 69.1 Å². The molecule has 0 rings (SSSR count). The Labute approximate surface area is 108 Å². The number of hydrogen-bond donors (Lipinski definition) is 6. The number of aliphatic hydroxyl groups excluding tert-OH is 5. The van der Waals surface area contributed by atoms with E-state index in [0.717, 1.165) is 12.8 Å². The summed E-state index contributed by atoms with van der Waals surface area (Å²) in [4.78, 5) is 0. The van der Waals surface area contributed by atoms with Crippen molar-refractivity contribution in [3.8, 4) is 0 Å². The first-order valence-electron chi connectivity index (χ1n) is 6.39. The van der Waals surface area contributed by atoms with Crippen molar-refractivity contribution in [2.75, 3.05) is 13.7 Å². The molecule has 0 saturated heterocycles. The monoisotopic (exact) mass is 265 g/mol. The van der Waals surface area contributed by atoms with E-state index < -0.39 is 31.0 Å². The minimum absolute atomic E-state index is 0.257. The molecular weight excluding hydrogens is 238 g/mol. The Morgan fingerprint density at radius 1 is 0.944 bits per heavy atom. The van der Waals surface area contributed by atoms with Gasteiger partial charge in [-0.3, -0.25) is 0 Å². The zero-order valence-corrected chi connectivity index (χ0v) is 11.4. The first-order valence-corrected chi connectivity index (χ1v) is 6.39. The molecule has 4 atom stereocenters. The first kappa shape index (κ1) is 17.8. The highest BCUT2D eigenvalue weighted by Crippen LogP contribution is 2.23. The molecule has 110 valence electrons. The number of nitrogens with one attached hydrogen (secondary N) is 1. The molecule has 6 N–H and O–H groups in total. The quantitative estimate of drug-likeness (QED) is 0.305. The fourth-order valence-corrected chi connectivity index (χ4v) is 2.08. The standard InChI is InChI=1S/C12H27NO5/c1-4-12(5-2,13-3)6-8(15)10(17)11(18)9(16)7-14/h8-11,13-18H,4-7H2,1-3H3. The summed E-state index contributed by atoms with van der Waals surface area (Å²) in [6.45, 7) is 3.28. The van der Waals surface area contributed by atoms with Crippen LogP contribution in [0.15, 0.2) is 0 Å². The Balaban J connectivity index is 4.59. The summed E-state index contributed by atoms with van der Waals surface area (Å²) in [5.74, 6) is 0. The van der Waals surface area contributed by atoms with Crippen LogP contribution in [0.2, 0.25) is 0 Å². The van der Waals surface area contributed by atoms with Crippen LogP contribution in [0.3, 0.4) is 0 Å². The van der Waals surface area contributed by atoms with E-state index in [2.05, 4.69) is 5.32 Å². The van der Waals surface area contributed by atoms with Gasteiger partial charge in [-0.05, 0) is 26.3 Å². The lowest BCUT2D eigenvalue weighted by Crippen LogP contribution is -2.51. The lowest BCUT2D eigenvalue weighted by atomic mass is 9.84. The van der Waals surface area contributed by atoms with Gasteiger partial charge in [0, 0.05) is 5.54 Å². The molecule has 0 fully saturated rings. The van der Waals surface area contributed by atoms with Crippen LogP contribution in [0.1, 0.15) is 33.1 Å². The van der Waals surface area contributed by atoms with Crippen LogP contribution in [0.4, 0.5) is 0 Å². The van der Waals surface area contributed by atoms with Crippen molar-refractivity contribution in [3.05, 3.63) is 0 Å². The zero-order chi connectivity index (χ0) is 14.3. The van der Waals surface area contributed by atoms with E-state index in [9.17, 15) is 20.4 Å². The molecule has 0 radical (unpaired) electrons. The average molecular weight is 265 g/mol. The Hall–Kier alpha value is -0.240. The molecule has 0 aromatic carbocycles. The van der Waals surface area contributed by atoms with E-state index in [1.165, 1.54) is 0 Å².